The fourth-order valence-electron chi connectivity index (χ4n) is 3.38. The Morgan fingerprint density at radius 3 is 2.60 bits per heavy atom. The van der Waals surface area contributed by atoms with Gasteiger partial charge in [-0.15, -0.1) is 0 Å². The molecule has 1 amide bonds. The van der Waals surface area contributed by atoms with Crippen LogP contribution < -0.4 is 5.32 Å². The second-order valence-corrected chi connectivity index (χ2v) is 8.86. The van der Waals surface area contributed by atoms with Crippen molar-refractivity contribution in [1.29, 1.82) is 0 Å². The molecule has 5 nitrogen and oxygen atoms in total. The van der Waals surface area contributed by atoms with Gasteiger partial charge < -0.3 is 5.32 Å². The lowest BCUT2D eigenvalue weighted by molar-refractivity contribution is -0.126. The van der Waals surface area contributed by atoms with Crippen molar-refractivity contribution in [3.63, 3.8) is 0 Å². The van der Waals surface area contributed by atoms with E-state index in [0.29, 0.717) is 19.5 Å². The third kappa shape index (κ3) is 5.54. The Labute approximate surface area is 151 Å². The first-order valence-electron chi connectivity index (χ1n) is 9.31. The number of hydrogen-bond acceptors (Lipinski definition) is 3. The van der Waals surface area contributed by atoms with Gasteiger partial charge >= 0.3 is 0 Å². The van der Waals surface area contributed by atoms with Gasteiger partial charge in [-0.1, -0.05) is 50.6 Å². The predicted octanol–water partition coefficient (Wildman–Crippen LogP) is 3.10. The largest absolute Gasteiger partial charge is 0.349 e. The molecule has 1 aromatic rings. The van der Waals surface area contributed by atoms with E-state index >= 15 is 0 Å². The molecule has 2 atom stereocenters. The SMILES string of the molecule is CCC[C@H](NC(=O)[C@H]1CCCN(S(=O)(=O)CCC)C1)c1ccccc1. The summed E-state index contributed by atoms with van der Waals surface area (Å²) in [6, 6.07) is 9.96. The lowest BCUT2D eigenvalue weighted by Crippen LogP contribution is -2.46. The molecule has 0 spiro atoms. The maximum atomic E-state index is 12.8. The van der Waals surface area contributed by atoms with Gasteiger partial charge in [0, 0.05) is 13.1 Å². The molecule has 1 heterocycles. The van der Waals surface area contributed by atoms with Gasteiger partial charge in [0.1, 0.15) is 0 Å². The normalized spacial score (nSPS) is 20.2. The molecule has 25 heavy (non-hydrogen) atoms. The van der Waals surface area contributed by atoms with Crippen molar-refractivity contribution in [2.75, 3.05) is 18.8 Å². The third-order valence-electron chi connectivity index (χ3n) is 4.71. The molecule has 0 bridgehead atoms. The molecule has 1 aliphatic heterocycles. The highest BCUT2D eigenvalue weighted by Gasteiger charge is 2.32. The summed E-state index contributed by atoms with van der Waals surface area (Å²) in [5.41, 5.74) is 1.10. The lowest BCUT2D eigenvalue weighted by atomic mass is 9.96. The fraction of sp³-hybridized carbons (Fsp3) is 0.632. The Bertz CT molecular complexity index is 646. The van der Waals surface area contributed by atoms with Crippen LogP contribution in [0.2, 0.25) is 0 Å². The van der Waals surface area contributed by atoms with Crippen molar-refractivity contribution in [3.05, 3.63) is 35.9 Å². The highest BCUT2D eigenvalue weighted by molar-refractivity contribution is 7.89. The average molecular weight is 367 g/mol. The van der Waals surface area contributed by atoms with Gasteiger partial charge in [-0.25, -0.2) is 12.7 Å². The van der Waals surface area contributed by atoms with Gasteiger partial charge in [0.25, 0.3) is 0 Å². The number of hydrogen-bond donors (Lipinski definition) is 1. The molecule has 1 aromatic carbocycles. The number of carbonyl (C=O) groups excluding carboxylic acids is 1. The van der Waals surface area contributed by atoms with Crippen LogP contribution in [0.25, 0.3) is 0 Å². The van der Waals surface area contributed by atoms with Crippen LogP contribution in [0.1, 0.15) is 57.6 Å². The van der Waals surface area contributed by atoms with E-state index in [9.17, 15) is 13.2 Å². The van der Waals surface area contributed by atoms with Crippen LogP contribution >= 0.6 is 0 Å². The van der Waals surface area contributed by atoms with Gasteiger partial charge in [0.2, 0.25) is 15.9 Å². The summed E-state index contributed by atoms with van der Waals surface area (Å²) in [4.78, 5) is 12.8. The molecule has 6 heteroatoms. The Morgan fingerprint density at radius 2 is 1.96 bits per heavy atom. The van der Waals surface area contributed by atoms with Crippen LogP contribution in [0.5, 0.6) is 0 Å². The highest BCUT2D eigenvalue weighted by Crippen LogP contribution is 2.23. The number of nitrogens with one attached hydrogen (secondary N) is 1. The van der Waals surface area contributed by atoms with Gasteiger partial charge in [0.15, 0.2) is 0 Å². The first-order chi connectivity index (χ1) is 12.0. The first kappa shape index (κ1) is 19.9. The minimum absolute atomic E-state index is 0.0127. The molecule has 0 radical (unpaired) electrons. The number of benzene rings is 1. The van der Waals surface area contributed by atoms with E-state index in [4.69, 9.17) is 0 Å². The van der Waals surface area contributed by atoms with E-state index in [1.807, 2.05) is 37.3 Å². The zero-order valence-corrected chi connectivity index (χ0v) is 16.1. The maximum absolute atomic E-state index is 12.8. The highest BCUT2D eigenvalue weighted by atomic mass is 32.2. The number of piperidine rings is 1. The lowest BCUT2D eigenvalue weighted by Gasteiger charge is -2.32. The van der Waals surface area contributed by atoms with Crippen LogP contribution in [0.15, 0.2) is 30.3 Å². The third-order valence-corrected chi connectivity index (χ3v) is 6.75. The summed E-state index contributed by atoms with van der Waals surface area (Å²) >= 11 is 0. The van der Waals surface area contributed by atoms with Crippen LogP contribution in [0.3, 0.4) is 0 Å². The topological polar surface area (TPSA) is 66.5 Å². The standard InChI is InChI=1S/C19H30N2O3S/c1-3-9-18(16-10-6-5-7-11-16)20-19(22)17-12-8-13-21(15-17)25(23,24)14-4-2/h5-7,10-11,17-18H,3-4,8-9,12-15H2,1-2H3,(H,20,22)/t17-,18-/m0/s1. The summed E-state index contributed by atoms with van der Waals surface area (Å²) in [6.07, 6.45) is 3.94. The van der Waals surface area contributed by atoms with E-state index < -0.39 is 10.0 Å². The van der Waals surface area contributed by atoms with Crippen molar-refractivity contribution >= 4 is 15.9 Å². The fourth-order valence-corrected chi connectivity index (χ4v) is 4.97. The number of nitrogens with zero attached hydrogens (tertiary/aromatic N) is 1. The van der Waals surface area contributed by atoms with Gasteiger partial charge in [0.05, 0.1) is 17.7 Å². The van der Waals surface area contributed by atoms with Crippen LogP contribution in [-0.4, -0.2) is 37.5 Å². The molecule has 2 rings (SSSR count). The van der Waals surface area contributed by atoms with E-state index in [1.165, 1.54) is 4.31 Å². The van der Waals surface area contributed by atoms with E-state index in [0.717, 1.165) is 31.2 Å². The summed E-state index contributed by atoms with van der Waals surface area (Å²) in [7, 11) is -3.24. The zero-order valence-electron chi connectivity index (χ0n) is 15.3. The molecular formula is C19H30N2O3S. The van der Waals surface area contributed by atoms with Gasteiger partial charge in [-0.05, 0) is 31.2 Å². The number of carbonyl (C=O) groups is 1. The molecular weight excluding hydrogens is 336 g/mol. The molecule has 1 fully saturated rings. The van der Waals surface area contributed by atoms with Gasteiger partial charge in [-0.3, -0.25) is 4.79 Å². The zero-order chi connectivity index (χ0) is 18.3. The average Bonchev–Trinajstić information content (AvgIpc) is 2.62. The van der Waals surface area contributed by atoms with Crippen LogP contribution in [0, 0.1) is 5.92 Å². The quantitative estimate of drug-likeness (QED) is 0.769. The molecule has 0 unspecified atom stereocenters. The molecule has 140 valence electrons. The Morgan fingerprint density at radius 1 is 1.24 bits per heavy atom. The van der Waals surface area contributed by atoms with Crippen LogP contribution in [0.4, 0.5) is 0 Å². The second kappa shape index (κ2) is 9.34. The molecule has 1 saturated heterocycles. The first-order valence-corrected chi connectivity index (χ1v) is 10.9. The Kier molecular flexibility index (Phi) is 7.44. The van der Waals surface area contributed by atoms with E-state index in [-0.39, 0.29) is 23.6 Å². The Hall–Kier alpha value is -1.40. The molecule has 1 aliphatic rings. The smallest absolute Gasteiger partial charge is 0.224 e. The number of sulfonamides is 1. The molecule has 0 aromatic heterocycles. The molecule has 1 N–H and O–H groups in total. The summed E-state index contributed by atoms with van der Waals surface area (Å²) in [5, 5.41) is 3.15. The van der Waals surface area contributed by atoms with Crippen molar-refractivity contribution in [1.82, 2.24) is 9.62 Å². The van der Waals surface area contributed by atoms with Crippen molar-refractivity contribution in [3.8, 4) is 0 Å². The Balaban J connectivity index is 2.03. The second-order valence-electron chi connectivity index (χ2n) is 6.77. The molecule has 0 saturated carbocycles. The van der Waals surface area contributed by atoms with Crippen molar-refractivity contribution in [2.24, 2.45) is 5.92 Å². The van der Waals surface area contributed by atoms with Crippen molar-refractivity contribution in [2.45, 2.75) is 52.0 Å². The summed E-state index contributed by atoms with van der Waals surface area (Å²) < 4.78 is 26.1. The van der Waals surface area contributed by atoms with E-state index in [1.54, 1.807) is 0 Å². The number of amides is 1. The number of rotatable bonds is 8. The molecule has 0 aliphatic carbocycles. The monoisotopic (exact) mass is 366 g/mol. The maximum Gasteiger partial charge on any atom is 0.224 e. The minimum Gasteiger partial charge on any atom is -0.349 e. The van der Waals surface area contributed by atoms with Crippen molar-refractivity contribution < 1.29 is 13.2 Å². The van der Waals surface area contributed by atoms with E-state index in [2.05, 4.69) is 12.2 Å². The minimum atomic E-state index is -3.24. The summed E-state index contributed by atoms with van der Waals surface area (Å²) in [5.74, 6) is -0.133. The van der Waals surface area contributed by atoms with Gasteiger partial charge in [-0.2, -0.15) is 0 Å². The summed E-state index contributed by atoms with van der Waals surface area (Å²) in [6.45, 7) is 4.80. The predicted molar refractivity (Wildman–Crippen MR) is 101 cm³/mol. The van der Waals surface area contributed by atoms with Crippen LogP contribution in [-0.2, 0) is 14.8 Å².